The zero-order valence-electron chi connectivity index (χ0n) is 8.60. The minimum Gasteiger partial charge on any atom is -0.369 e. The molecular weight excluding hydrogens is 224 g/mol. The van der Waals surface area contributed by atoms with Crippen LogP contribution in [0, 0.1) is 0 Å². The van der Waals surface area contributed by atoms with Crippen molar-refractivity contribution in [3.8, 4) is 0 Å². The second-order valence-corrected chi connectivity index (χ2v) is 3.96. The molecule has 1 aromatic carbocycles. The Morgan fingerprint density at radius 2 is 2.12 bits per heavy atom. The van der Waals surface area contributed by atoms with E-state index in [4.69, 9.17) is 5.73 Å². The van der Waals surface area contributed by atoms with E-state index in [-0.39, 0.29) is 11.7 Å². The second kappa shape index (κ2) is 5.97. The Balaban J connectivity index is 2.78. The number of benzene rings is 1. The Hall–Kier alpha value is -1.75. The third-order valence-corrected chi connectivity index (χ3v) is 2.80. The molecule has 4 nitrogen and oxygen atoms in total. The molecule has 1 rings (SSSR count). The van der Waals surface area contributed by atoms with Crippen LogP contribution in [-0.4, -0.2) is 17.6 Å². The number of primary amides is 1. The Kier molecular flexibility index (Phi) is 4.60. The van der Waals surface area contributed by atoms with E-state index < -0.39 is 5.91 Å². The van der Waals surface area contributed by atoms with Gasteiger partial charge in [-0.3, -0.25) is 9.59 Å². The molecule has 16 heavy (non-hydrogen) atoms. The lowest BCUT2D eigenvalue weighted by atomic mass is 10.3. The van der Waals surface area contributed by atoms with Crippen molar-refractivity contribution in [1.29, 1.82) is 0 Å². The van der Waals surface area contributed by atoms with E-state index in [9.17, 15) is 9.59 Å². The molecule has 0 spiro atoms. The van der Waals surface area contributed by atoms with Crippen molar-refractivity contribution in [1.82, 2.24) is 0 Å². The largest absolute Gasteiger partial charge is 0.369 e. The number of nitrogens with one attached hydrogen (secondary N) is 1. The van der Waals surface area contributed by atoms with Crippen LogP contribution in [0.3, 0.4) is 0 Å². The maximum Gasteiger partial charge on any atom is 0.247 e. The van der Waals surface area contributed by atoms with E-state index in [1.807, 2.05) is 12.1 Å². The van der Waals surface area contributed by atoms with Crippen molar-refractivity contribution in [3.63, 3.8) is 0 Å². The van der Waals surface area contributed by atoms with Crippen molar-refractivity contribution in [2.24, 2.45) is 5.73 Å². The molecule has 0 saturated heterocycles. The Morgan fingerprint density at radius 1 is 1.44 bits per heavy atom. The lowest BCUT2D eigenvalue weighted by Gasteiger charge is -2.08. The van der Waals surface area contributed by atoms with Gasteiger partial charge in [-0.2, -0.15) is 0 Å². The number of hydrogen-bond donors (Lipinski definition) is 2. The van der Waals surface area contributed by atoms with Gasteiger partial charge in [-0.25, -0.2) is 0 Å². The second-order valence-electron chi connectivity index (χ2n) is 2.94. The zero-order valence-corrected chi connectivity index (χ0v) is 9.42. The van der Waals surface area contributed by atoms with Gasteiger partial charge in [0.05, 0.1) is 11.4 Å². The van der Waals surface area contributed by atoms with Crippen LogP contribution in [0.25, 0.3) is 0 Å². The first-order valence-corrected chi connectivity index (χ1v) is 5.55. The van der Waals surface area contributed by atoms with Crippen LogP contribution >= 0.6 is 11.8 Å². The van der Waals surface area contributed by atoms with E-state index in [0.29, 0.717) is 5.69 Å². The van der Waals surface area contributed by atoms with Gasteiger partial charge in [0.1, 0.15) is 0 Å². The first-order chi connectivity index (χ1) is 7.63. The van der Waals surface area contributed by atoms with Gasteiger partial charge >= 0.3 is 0 Å². The summed E-state index contributed by atoms with van der Waals surface area (Å²) in [4.78, 5) is 22.6. The number of anilines is 1. The Morgan fingerprint density at radius 3 is 2.75 bits per heavy atom. The number of amides is 2. The number of para-hydroxylation sites is 1. The van der Waals surface area contributed by atoms with Crippen LogP contribution in [0.2, 0.25) is 0 Å². The molecule has 1 aromatic rings. The highest BCUT2D eigenvalue weighted by molar-refractivity contribution is 8.00. The molecule has 0 aliphatic heterocycles. The number of nitrogens with two attached hydrogens (primary N) is 1. The summed E-state index contributed by atoms with van der Waals surface area (Å²) in [5.41, 5.74) is 5.71. The molecule has 0 aromatic heterocycles. The number of hydrogen-bond acceptors (Lipinski definition) is 3. The van der Waals surface area contributed by atoms with Gasteiger partial charge in [-0.05, 0) is 18.2 Å². The van der Waals surface area contributed by atoms with Gasteiger partial charge in [0, 0.05) is 4.90 Å². The summed E-state index contributed by atoms with van der Waals surface area (Å²) in [5, 5.41) is 2.65. The molecule has 0 aliphatic rings. The molecule has 2 amide bonds. The molecule has 3 N–H and O–H groups in total. The summed E-state index contributed by atoms with van der Waals surface area (Å²) in [6.45, 7) is 3.37. The van der Waals surface area contributed by atoms with Crippen molar-refractivity contribution >= 4 is 29.3 Å². The maximum atomic E-state index is 11.1. The maximum absolute atomic E-state index is 11.1. The molecule has 0 bridgehead atoms. The number of rotatable bonds is 5. The van der Waals surface area contributed by atoms with E-state index >= 15 is 0 Å². The van der Waals surface area contributed by atoms with Crippen molar-refractivity contribution in [3.05, 3.63) is 36.9 Å². The lowest BCUT2D eigenvalue weighted by molar-refractivity contribution is -0.115. The minimum atomic E-state index is -0.394. The van der Waals surface area contributed by atoms with Crippen molar-refractivity contribution in [2.45, 2.75) is 4.90 Å². The first kappa shape index (κ1) is 12.3. The third-order valence-electron chi connectivity index (χ3n) is 1.70. The first-order valence-electron chi connectivity index (χ1n) is 4.57. The molecule has 0 aliphatic carbocycles. The van der Waals surface area contributed by atoms with Gasteiger partial charge in [0.25, 0.3) is 0 Å². The smallest absolute Gasteiger partial charge is 0.247 e. The molecule has 0 radical (unpaired) electrons. The molecule has 0 fully saturated rings. The summed E-state index contributed by atoms with van der Waals surface area (Å²) in [7, 11) is 0. The third kappa shape index (κ3) is 3.78. The van der Waals surface area contributed by atoms with Crippen LogP contribution < -0.4 is 11.1 Å². The van der Waals surface area contributed by atoms with Crippen LogP contribution in [-0.2, 0) is 9.59 Å². The molecule has 0 saturated carbocycles. The number of carbonyl (C=O) groups excluding carboxylic acids is 2. The van der Waals surface area contributed by atoms with Crippen LogP contribution in [0.5, 0.6) is 0 Å². The summed E-state index contributed by atoms with van der Waals surface area (Å²) in [5.74, 6) is -0.497. The SMILES string of the molecule is C=CC(=O)Nc1ccccc1SCC(N)=O. The topological polar surface area (TPSA) is 72.2 Å². The van der Waals surface area contributed by atoms with E-state index in [1.54, 1.807) is 12.1 Å². The zero-order chi connectivity index (χ0) is 12.0. The van der Waals surface area contributed by atoms with Gasteiger partial charge in [0.15, 0.2) is 0 Å². The van der Waals surface area contributed by atoms with Crippen LogP contribution in [0.4, 0.5) is 5.69 Å². The van der Waals surface area contributed by atoms with E-state index in [2.05, 4.69) is 11.9 Å². The van der Waals surface area contributed by atoms with Gasteiger partial charge in [-0.1, -0.05) is 18.7 Å². The standard InChI is InChI=1S/C11H12N2O2S/c1-2-11(15)13-8-5-3-4-6-9(8)16-7-10(12)14/h2-6H,1,7H2,(H2,12,14)(H,13,15). The average molecular weight is 236 g/mol. The number of thioether (sulfide) groups is 1. The molecule has 84 valence electrons. The summed E-state index contributed by atoms with van der Waals surface area (Å²) >= 11 is 1.28. The van der Waals surface area contributed by atoms with Crippen molar-refractivity contribution < 1.29 is 9.59 Å². The number of carbonyl (C=O) groups is 2. The summed E-state index contributed by atoms with van der Waals surface area (Å²) in [6.07, 6.45) is 1.19. The van der Waals surface area contributed by atoms with E-state index in [0.717, 1.165) is 4.90 Å². The van der Waals surface area contributed by atoms with Gasteiger partial charge in [-0.15, -0.1) is 11.8 Å². The quantitative estimate of drug-likeness (QED) is 0.599. The molecule has 0 unspecified atom stereocenters. The molecular formula is C11H12N2O2S. The highest BCUT2D eigenvalue weighted by Gasteiger charge is 2.05. The van der Waals surface area contributed by atoms with Crippen LogP contribution in [0.1, 0.15) is 0 Å². The monoisotopic (exact) mass is 236 g/mol. The fraction of sp³-hybridized carbons (Fsp3) is 0.0909. The molecule has 0 atom stereocenters. The fourth-order valence-corrected chi connectivity index (χ4v) is 1.78. The summed E-state index contributed by atoms with van der Waals surface area (Å²) in [6, 6.07) is 7.19. The average Bonchev–Trinajstić information content (AvgIpc) is 2.27. The highest BCUT2D eigenvalue weighted by atomic mass is 32.2. The van der Waals surface area contributed by atoms with Crippen LogP contribution in [0.15, 0.2) is 41.8 Å². The minimum absolute atomic E-state index is 0.182. The van der Waals surface area contributed by atoms with E-state index in [1.165, 1.54) is 17.8 Å². The van der Waals surface area contributed by atoms with Gasteiger partial charge < -0.3 is 11.1 Å². The Bertz CT molecular complexity index is 418. The fourth-order valence-electron chi connectivity index (χ4n) is 1.03. The lowest BCUT2D eigenvalue weighted by Crippen LogP contribution is -2.13. The Labute approximate surface area is 97.9 Å². The predicted octanol–water partition coefficient (Wildman–Crippen LogP) is 1.39. The summed E-state index contributed by atoms with van der Waals surface area (Å²) < 4.78 is 0. The predicted molar refractivity (Wildman–Crippen MR) is 65.2 cm³/mol. The van der Waals surface area contributed by atoms with Crippen molar-refractivity contribution in [2.75, 3.05) is 11.1 Å². The molecule has 5 heteroatoms. The van der Waals surface area contributed by atoms with Gasteiger partial charge in [0.2, 0.25) is 11.8 Å². The normalized spacial score (nSPS) is 9.50. The highest BCUT2D eigenvalue weighted by Crippen LogP contribution is 2.26. The molecule has 0 heterocycles.